The van der Waals surface area contributed by atoms with E-state index in [9.17, 15) is 14.7 Å². The number of hydrogen-bond donors (Lipinski definition) is 2. The normalized spacial score (nSPS) is 29.6. The van der Waals surface area contributed by atoms with Crippen LogP contribution in [0.1, 0.15) is 54.4 Å². The molecule has 0 radical (unpaired) electrons. The number of nitrogens with one attached hydrogen (secondary N) is 1. The minimum atomic E-state index is -1.19. The van der Waals surface area contributed by atoms with Crippen LogP contribution in [0, 0.1) is 23.7 Å². The van der Waals surface area contributed by atoms with Gasteiger partial charge in [0, 0.05) is 30.0 Å². The Kier molecular flexibility index (Phi) is 7.94. The number of amides is 1. The second-order valence-corrected chi connectivity index (χ2v) is 13.2. The highest BCUT2D eigenvalue weighted by molar-refractivity contribution is 6.33. The van der Waals surface area contributed by atoms with Crippen LogP contribution < -0.4 is 10.1 Å². The Morgan fingerprint density at radius 2 is 1.62 bits per heavy atom. The fourth-order valence-corrected chi connectivity index (χ4v) is 8.77. The predicted molar refractivity (Wildman–Crippen MR) is 168 cm³/mol. The molecule has 1 heterocycles. The van der Waals surface area contributed by atoms with Crippen molar-refractivity contribution >= 4 is 35.2 Å². The van der Waals surface area contributed by atoms with E-state index in [-0.39, 0.29) is 18.9 Å². The lowest BCUT2D eigenvalue weighted by atomic mass is 9.47. The lowest BCUT2D eigenvalue weighted by molar-refractivity contribution is -0.645. The van der Waals surface area contributed by atoms with Crippen molar-refractivity contribution in [3.8, 4) is 5.75 Å². The van der Waals surface area contributed by atoms with Crippen LogP contribution in [0.3, 0.4) is 0 Å². The van der Waals surface area contributed by atoms with Crippen LogP contribution in [0.5, 0.6) is 5.75 Å². The molecular formula is C36H36ClNO7. The van der Waals surface area contributed by atoms with E-state index in [0.717, 1.165) is 54.7 Å². The summed E-state index contributed by atoms with van der Waals surface area (Å²) >= 11 is 7.15. The summed E-state index contributed by atoms with van der Waals surface area (Å²) in [6.45, 7) is 0.159. The summed E-state index contributed by atoms with van der Waals surface area (Å²) in [7, 11) is 1.63. The summed E-state index contributed by atoms with van der Waals surface area (Å²) in [5.41, 5.74) is 2.96. The molecule has 4 aliphatic carbocycles. The zero-order valence-corrected chi connectivity index (χ0v) is 25.8. The van der Waals surface area contributed by atoms with E-state index in [1.165, 1.54) is 12.5 Å². The van der Waals surface area contributed by atoms with Gasteiger partial charge in [-0.2, -0.15) is 4.89 Å². The van der Waals surface area contributed by atoms with E-state index in [4.69, 9.17) is 30.8 Å². The van der Waals surface area contributed by atoms with Crippen molar-refractivity contribution in [1.82, 2.24) is 0 Å². The maximum absolute atomic E-state index is 12.5. The number of hydrogen-bond acceptors (Lipinski definition) is 6. The highest BCUT2D eigenvalue weighted by Gasteiger charge is 2.77. The molecule has 3 aromatic rings. The molecule has 2 N–H and O–H groups in total. The molecule has 1 amide bonds. The topological polar surface area (TPSA) is 103 Å². The Morgan fingerprint density at radius 3 is 2.22 bits per heavy atom. The van der Waals surface area contributed by atoms with Crippen molar-refractivity contribution in [2.45, 2.75) is 56.5 Å². The predicted octanol–water partition coefficient (Wildman–Crippen LogP) is 7.15. The zero-order chi connectivity index (χ0) is 31.2. The molecule has 8 rings (SSSR count). The van der Waals surface area contributed by atoms with Crippen LogP contribution >= 0.6 is 11.6 Å². The number of halogens is 1. The average molecular weight is 630 g/mol. The molecule has 5 aliphatic rings. The number of carboxylic acids is 1. The molecule has 4 saturated carbocycles. The quantitative estimate of drug-likeness (QED) is 0.181. The number of benzene rings is 3. The van der Waals surface area contributed by atoms with Crippen LogP contribution in [-0.2, 0) is 42.9 Å². The van der Waals surface area contributed by atoms with Crippen LogP contribution in [0.15, 0.2) is 72.8 Å². The van der Waals surface area contributed by atoms with E-state index in [0.29, 0.717) is 39.4 Å². The van der Waals surface area contributed by atoms with Gasteiger partial charge in [0.15, 0.2) is 5.60 Å². The van der Waals surface area contributed by atoms with Gasteiger partial charge < -0.3 is 19.9 Å². The summed E-state index contributed by atoms with van der Waals surface area (Å²) < 4.78 is 12.5. The van der Waals surface area contributed by atoms with Gasteiger partial charge in [0.2, 0.25) is 5.91 Å². The molecule has 5 fully saturated rings. The highest BCUT2D eigenvalue weighted by atomic mass is 35.5. The minimum Gasteiger partial charge on any atom is -0.487 e. The monoisotopic (exact) mass is 629 g/mol. The average Bonchev–Trinajstić information content (AvgIpc) is 3.01. The fourth-order valence-electron chi connectivity index (χ4n) is 8.42. The third-order valence-corrected chi connectivity index (χ3v) is 10.5. The number of ether oxygens (including phenoxy) is 2. The molecule has 1 spiro atoms. The zero-order valence-electron chi connectivity index (χ0n) is 25.0. The first-order valence-corrected chi connectivity index (χ1v) is 15.9. The molecule has 1 atom stereocenters. The number of aliphatic carboxylic acids is 1. The first-order chi connectivity index (χ1) is 21.8. The molecule has 9 heteroatoms. The molecule has 45 heavy (non-hydrogen) atoms. The van der Waals surface area contributed by atoms with Crippen molar-refractivity contribution in [3.05, 3.63) is 100 Å². The Hall–Kier alpha value is -3.69. The highest BCUT2D eigenvalue weighted by Crippen LogP contribution is 2.70. The van der Waals surface area contributed by atoms with Crippen molar-refractivity contribution < 1.29 is 33.9 Å². The van der Waals surface area contributed by atoms with Gasteiger partial charge in [0.1, 0.15) is 12.4 Å². The maximum atomic E-state index is 12.5. The molecule has 1 aliphatic heterocycles. The van der Waals surface area contributed by atoms with Crippen molar-refractivity contribution in [2.24, 2.45) is 23.7 Å². The number of rotatable bonds is 10. The molecule has 1 saturated heterocycles. The van der Waals surface area contributed by atoms with Gasteiger partial charge in [0.05, 0.1) is 11.4 Å². The molecule has 8 nitrogen and oxygen atoms in total. The number of methoxy groups -OCH3 is 1. The molecule has 3 aromatic carbocycles. The second-order valence-electron chi connectivity index (χ2n) is 12.8. The van der Waals surface area contributed by atoms with E-state index in [1.807, 2.05) is 60.7 Å². The molecule has 1 unspecified atom stereocenters. The second kappa shape index (κ2) is 11.9. The third-order valence-electron chi connectivity index (χ3n) is 10.2. The Labute approximate surface area is 267 Å². The summed E-state index contributed by atoms with van der Waals surface area (Å²) in [6.07, 6.45) is 8.46. The molecule has 0 aromatic heterocycles. The van der Waals surface area contributed by atoms with Crippen molar-refractivity contribution in [1.29, 1.82) is 0 Å². The summed E-state index contributed by atoms with van der Waals surface area (Å²) in [5, 5.41) is 12.5. The number of carboxylic acid groups (broad SMARTS) is 1. The number of anilines is 1. The first kappa shape index (κ1) is 30.0. The Morgan fingerprint density at radius 1 is 0.933 bits per heavy atom. The lowest BCUT2D eigenvalue weighted by Gasteiger charge is -2.68. The van der Waals surface area contributed by atoms with Crippen LogP contribution in [0.2, 0.25) is 5.02 Å². The SMILES string of the molecule is COC1(c2ccc(/C=C/C(=O)O)c(OCc3ccc(NC(=O)Cc4ccccc4)cc3)c2Cl)OOC12C1CC3CC(C1)CC2C3. The van der Waals surface area contributed by atoms with Crippen molar-refractivity contribution in [3.63, 3.8) is 0 Å². The molecule has 4 bridgehead atoms. The smallest absolute Gasteiger partial charge is 0.328 e. The largest absolute Gasteiger partial charge is 0.487 e. The first-order valence-electron chi connectivity index (χ1n) is 15.5. The van der Waals surface area contributed by atoms with E-state index >= 15 is 0 Å². The molecule has 234 valence electrons. The standard InChI is InChI=1S/C36H36ClNO7/c1-42-36(35(44-45-36)27-16-24-15-25(18-27)19-28(35)17-24)30-13-9-26(10-14-32(40)41)34(33(30)37)43-21-23-7-11-29(12-8-23)38-31(39)20-22-5-3-2-4-6-22/h2-14,24-25,27-28H,15-21H2,1H3,(H,38,39)(H,40,41)/b14-10+. The van der Waals surface area contributed by atoms with Gasteiger partial charge in [-0.25, -0.2) is 9.68 Å². The van der Waals surface area contributed by atoms with E-state index in [2.05, 4.69) is 5.32 Å². The van der Waals surface area contributed by atoms with Gasteiger partial charge in [-0.15, -0.1) is 0 Å². The van der Waals surface area contributed by atoms with Crippen LogP contribution in [0.4, 0.5) is 5.69 Å². The minimum absolute atomic E-state index is 0.102. The van der Waals surface area contributed by atoms with Crippen molar-refractivity contribution in [2.75, 3.05) is 12.4 Å². The fraction of sp³-hybridized carbons (Fsp3) is 0.389. The number of carbonyl (C=O) groups is 2. The lowest BCUT2D eigenvalue weighted by Crippen LogP contribution is -2.76. The summed E-state index contributed by atoms with van der Waals surface area (Å²) in [4.78, 5) is 35.9. The van der Waals surface area contributed by atoms with Gasteiger partial charge in [-0.05, 0) is 85.1 Å². The Bertz CT molecular complexity index is 1590. The summed E-state index contributed by atoms with van der Waals surface area (Å²) in [6, 6.07) is 20.6. The summed E-state index contributed by atoms with van der Waals surface area (Å²) in [5.74, 6) is 0.00811. The molecular weight excluding hydrogens is 594 g/mol. The van der Waals surface area contributed by atoms with Crippen LogP contribution in [-0.4, -0.2) is 29.7 Å². The Balaban J connectivity index is 1.13. The van der Waals surface area contributed by atoms with Gasteiger partial charge >= 0.3 is 5.97 Å². The van der Waals surface area contributed by atoms with Gasteiger partial charge in [-0.1, -0.05) is 66.2 Å². The van der Waals surface area contributed by atoms with E-state index in [1.54, 1.807) is 13.2 Å². The number of carbonyl (C=O) groups excluding carboxylic acids is 1. The van der Waals surface area contributed by atoms with Crippen LogP contribution in [0.25, 0.3) is 6.08 Å². The van der Waals surface area contributed by atoms with E-state index < -0.39 is 17.4 Å². The maximum Gasteiger partial charge on any atom is 0.328 e. The van der Waals surface area contributed by atoms with Gasteiger partial charge in [-0.3, -0.25) is 4.79 Å². The van der Waals surface area contributed by atoms with Gasteiger partial charge in [0.25, 0.3) is 5.79 Å². The third kappa shape index (κ3) is 5.23.